The Morgan fingerprint density at radius 1 is 1.18 bits per heavy atom. The quantitative estimate of drug-likeness (QED) is 0.748. The van der Waals surface area contributed by atoms with Gasteiger partial charge in [-0.3, -0.25) is 9.48 Å². The fraction of sp³-hybridized carbons (Fsp3) is 0.389. The monoisotopic (exact) mass is 406 g/mol. The number of ether oxygens (including phenoxy) is 1. The Labute approximate surface area is 163 Å². The maximum atomic E-state index is 12.7. The van der Waals surface area contributed by atoms with Gasteiger partial charge in [-0.15, -0.1) is 0 Å². The standard InChI is InChI=1S/C18H22N4O5S/c1-21-16(18(24)27-2)15(12-19-21)20-17(23)13-8-10-22(11-9-13)28(25,26)14-6-4-3-5-7-14/h3-7,12-13H,8-11H2,1-2H3,(H,20,23). The SMILES string of the molecule is COC(=O)c1c(NC(=O)C2CCN(S(=O)(=O)c3ccccc3)CC2)cnn1C. The number of nitrogens with one attached hydrogen (secondary N) is 1. The Morgan fingerprint density at radius 2 is 1.82 bits per heavy atom. The van der Waals surface area contributed by atoms with Gasteiger partial charge < -0.3 is 10.1 Å². The lowest BCUT2D eigenvalue weighted by molar-refractivity contribution is -0.120. The lowest BCUT2D eigenvalue weighted by Crippen LogP contribution is -2.41. The third kappa shape index (κ3) is 3.92. The van der Waals surface area contributed by atoms with Crippen molar-refractivity contribution >= 4 is 27.6 Å². The first-order chi connectivity index (χ1) is 13.3. The zero-order chi connectivity index (χ0) is 20.3. The van der Waals surface area contributed by atoms with Crippen molar-refractivity contribution in [1.82, 2.24) is 14.1 Å². The van der Waals surface area contributed by atoms with Gasteiger partial charge in [0.2, 0.25) is 15.9 Å². The van der Waals surface area contributed by atoms with Crippen molar-refractivity contribution in [2.45, 2.75) is 17.7 Å². The van der Waals surface area contributed by atoms with Crippen LogP contribution in [0.2, 0.25) is 0 Å². The third-order valence-electron chi connectivity index (χ3n) is 4.78. The molecule has 0 saturated carbocycles. The van der Waals surface area contributed by atoms with Gasteiger partial charge in [0.05, 0.1) is 23.9 Å². The molecular formula is C18H22N4O5S. The van der Waals surface area contributed by atoms with Crippen LogP contribution in [0.4, 0.5) is 5.69 Å². The number of hydrogen-bond donors (Lipinski definition) is 1. The number of hydrogen-bond acceptors (Lipinski definition) is 6. The number of rotatable bonds is 5. The predicted octanol–water partition coefficient (Wildman–Crippen LogP) is 1.25. The van der Waals surface area contributed by atoms with Crippen molar-refractivity contribution in [2.24, 2.45) is 13.0 Å². The number of carbonyl (C=O) groups excluding carboxylic acids is 2. The van der Waals surface area contributed by atoms with Crippen molar-refractivity contribution < 1.29 is 22.7 Å². The summed E-state index contributed by atoms with van der Waals surface area (Å²) in [6.07, 6.45) is 2.18. The molecule has 0 unspecified atom stereocenters. The van der Waals surface area contributed by atoms with Gasteiger partial charge in [-0.25, -0.2) is 13.2 Å². The Morgan fingerprint density at radius 3 is 2.43 bits per heavy atom. The van der Waals surface area contributed by atoms with Crippen LogP contribution in [0.3, 0.4) is 0 Å². The topological polar surface area (TPSA) is 111 Å². The zero-order valence-electron chi connectivity index (χ0n) is 15.7. The molecule has 3 rings (SSSR count). The average molecular weight is 406 g/mol. The molecule has 1 aromatic heterocycles. The molecule has 9 nitrogen and oxygen atoms in total. The number of esters is 1. The van der Waals surface area contributed by atoms with Crippen molar-refractivity contribution in [2.75, 3.05) is 25.5 Å². The molecule has 150 valence electrons. The minimum atomic E-state index is -3.56. The molecule has 0 radical (unpaired) electrons. The number of aromatic nitrogens is 2. The molecule has 2 heterocycles. The lowest BCUT2D eigenvalue weighted by atomic mass is 9.97. The Kier molecular flexibility index (Phi) is 5.80. The summed E-state index contributed by atoms with van der Waals surface area (Å²) in [7, 11) is -0.729. The first-order valence-corrected chi connectivity index (χ1v) is 10.2. The van der Waals surface area contributed by atoms with Crippen LogP contribution in [0.15, 0.2) is 41.4 Å². The maximum Gasteiger partial charge on any atom is 0.358 e. The van der Waals surface area contributed by atoms with Crippen LogP contribution in [0, 0.1) is 5.92 Å². The van der Waals surface area contributed by atoms with Crippen molar-refractivity contribution in [3.63, 3.8) is 0 Å². The average Bonchev–Trinajstić information content (AvgIpc) is 3.08. The zero-order valence-corrected chi connectivity index (χ0v) is 16.5. The highest BCUT2D eigenvalue weighted by Gasteiger charge is 2.32. The van der Waals surface area contributed by atoms with Crippen LogP contribution >= 0.6 is 0 Å². The summed E-state index contributed by atoms with van der Waals surface area (Å²) in [6, 6.07) is 8.24. The normalized spacial score (nSPS) is 15.9. The highest BCUT2D eigenvalue weighted by atomic mass is 32.2. The van der Waals surface area contributed by atoms with Crippen LogP contribution in [0.25, 0.3) is 0 Å². The van der Waals surface area contributed by atoms with E-state index in [0.29, 0.717) is 12.8 Å². The molecule has 1 saturated heterocycles. The summed E-state index contributed by atoms with van der Waals surface area (Å²) in [5.41, 5.74) is 0.429. The van der Waals surface area contributed by atoms with E-state index in [-0.39, 0.29) is 41.2 Å². The predicted molar refractivity (Wildman–Crippen MR) is 101 cm³/mol. The van der Waals surface area contributed by atoms with Crippen molar-refractivity contribution in [3.8, 4) is 0 Å². The molecule has 1 amide bonds. The van der Waals surface area contributed by atoms with E-state index in [9.17, 15) is 18.0 Å². The van der Waals surface area contributed by atoms with E-state index in [0.717, 1.165) is 0 Å². The summed E-state index contributed by atoms with van der Waals surface area (Å²) in [6.45, 7) is 0.512. The summed E-state index contributed by atoms with van der Waals surface area (Å²) in [5, 5.41) is 6.69. The summed E-state index contributed by atoms with van der Waals surface area (Å²) >= 11 is 0. The highest BCUT2D eigenvalue weighted by molar-refractivity contribution is 7.89. The molecular weight excluding hydrogens is 384 g/mol. The van der Waals surface area contributed by atoms with Crippen LogP contribution in [-0.4, -0.2) is 54.6 Å². The van der Waals surface area contributed by atoms with E-state index in [1.165, 1.54) is 22.3 Å². The second kappa shape index (κ2) is 8.11. The lowest BCUT2D eigenvalue weighted by Gasteiger charge is -2.30. The molecule has 1 aliphatic heterocycles. The highest BCUT2D eigenvalue weighted by Crippen LogP contribution is 2.25. The number of sulfonamides is 1. The van der Waals surface area contributed by atoms with Crippen LogP contribution in [0.1, 0.15) is 23.3 Å². The van der Waals surface area contributed by atoms with Gasteiger partial charge >= 0.3 is 5.97 Å². The van der Waals surface area contributed by atoms with Crippen LogP contribution in [0.5, 0.6) is 0 Å². The van der Waals surface area contributed by atoms with E-state index >= 15 is 0 Å². The molecule has 2 aromatic rings. The summed E-state index contributed by atoms with van der Waals surface area (Å²) in [4.78, 5) is 24.7. The van der Waals surface area contributed by atoms with Gasteiger partial charge in [-0.1, -0.05) is 18.2 Å². The molecule has 1 N–H and O–H groups in total. The van der Waals surface area contributed by atoms with Gasteiger partial charge in [0.1, 0.15) is 0 Å². The number of anilines is 1. The van der Waals surface area contributed by atoms with Crippen LogP contribution in [-0.2, 0) is 26.6 Å². The number of amides is 1. The van der Waals surface area contributed by atoms with Gasteiger partial charge in [0.25, 0.3) is 0 Å². The third-order valence-corrected chi connectivity index (χ3v) is 6.69. The van der Waals surface area contributed by atoms with Gasteiger partial charge in [0, 0.05) is 26.1 Å². The number of aryl methyl sites for hydroxylation is 1. The fourth-order valence-electron chi connectivity index (χ4n) is 3.20. The first-order valence-electron chi connectivity index (χ1n) is 8.81. The van der Waals surface area contributed by atoms with Gasteiger partial charge in [0.15, 0.2) is 5.69 Å². The molecule has 28 heavy (non-hydrogen) atoms. The Balaban J connectivity index is 1.64. The minimum Gasteiger partial charge on any atom is -0.464 e. The first kappa shape index (κ1) is 20.0. The number of carbonyl (C=O) groups is 2. The second-order valence-corrected chi connectivity index (χ2v) is 8.44. The number of piperidine rings is 1. The Bertz CT molecular complexity index is 963. The van der Waals surface area contributed by atoms with E-state index in [4.69, 9.17) is 4.74 Å². The molecule has 0 aliphatic carbocycles. The summed E-state index contributed by atoms with van der Waals surface area (Å²) in [5.74, 6) is -1.22. The van der Waals surface area contributed by atoms with E-state index in [1.807, 2.05) is 0 Å². The van der Waals surface area contributed by atoms with Crippen molar-refractivity contribution in [1.29, 1.82) is 0 Å². The van der Waals surface area contributed by atoms with E-state index < -0.39 is 16.0 Å². The molecule has 0 bridgehead atoms. The maximum absolute atomic E-state index is 12.7. The summed E-state index contributed by atoms with van der Waals surface area (Å²) < 4.78 is 32.8. The van der Waals surface area contributed by atoms with Crippen molar-refractivity contribution in [3.05, 3.63) is 42.2 Å². The molecule has 0 spiro atoms. The number of methoxy groups -OCH3 is 1. The fourth-order valence-corrected chi connectivity index (χ4v) is 4.69. The van der Waals surface area contributed by atoms with Crippen LogP contribution < -0.4 is 5.32 Å². The molecule has 1 aliphatic rings. The van der Waals surface area contributed by atoms with E-state index in [2.05, 4.69) is 10.4 Å². The number of nitrogens with zero attached hydrogens (tertiary/aromatic N) is 3. The molecule has 1 fully saturated rings. The molecule has 0 atom stereocenters. The largest absolute Gasteiger partial charge is 0.464 e. The molecule has 10 heteroatoms. The Hall–Kier alpha value is -2.72. The molecule has 1 aromatic carbocycles. The number of benzene rings is 1. The van der Waals surface area contributed by atoms with Gasteiger partial charge in [-0.05, 0) is 25.0 Å². The van der Waals surface area contributed by atoms with E-state index in [1.54, 1.807) is 37.4 Å². The smallest absolute Gasteiger partial charge is 0.358 e. The second-order valence-electron chi connectivity index (χ2n) is 6.50. The minimum absolute atomic E-state index is 0.153. The van der Waals surface area contributed by atoms with Gasteiger partial charge in [-0.2, -0.15) is 9.40 Å².